The first kappa shape index (κ1) is 13.1. The normalized spacial score (nSPS) is 20.1. The number of anilines is 1. The fourth-order valence-electron chi connectivity index (χ4n) is 2.08. The van der Waals surface area contributed by atoms with Gasteiger partial charge in [-0.25, -0.2) is 4.98 Å². The molecule has 0 aromatic carbocycles. The van der Waals surface area contributed by atoms with Gasteiger partial charge in [0, 0.05) is 18.8 Å². The average molecular weight is 259 g/mol. The van der Waals surface area contributed by atoms with Crippen molar-refractivity contribution in [2.24, 2.45) is 0 Å². The monoisotopic (exact) mass is 259 g/mol. The van der Waals surface area contributed by atoms with Gasteiger partial charge < -0.3 is 10.6 Å². The van der Waals surface area contributed by atoms with E-state index in [0.29, 0.717) is 12.6 Å². The van der Waals surface area contributed by atoms with Crippen LogP contribution < -0.4 is 10.6 Å². The van der Waals surface area contributed by atoms with Gasteiger partial charge in [-0.2, -0.15) is 13.2 Å². The smallest absolute Gasteiger partial charge is 0.370 e. The summed E-state index contributed by atoms with van der Waals surface area (Å²) in [6.07, 6.45) is 0.0768. The Balaban J connectivity index is 1.85. The molecule has 2 heterocycles. The number of nitrogens with one attached hydrogen (secondary N) is 2. The highest BCUT2D eigenvalue weighted by Crippen LogP contribution is 2.29. The summed E-state index contributed by atoms with van der Waals surface area (Å²) in [5.41, 5.74) is -0.668. The molecule has 0 amide bonds. The summed E-state index contributed by atoms with van der Waals surface area (Å²) < 4.78 is 37.4. The van der Waals surface area contributed by atoms with Crippen molar-refractivity contribution < 1.29 is 13.2 Å². The van der Waals surface area contributed by atoms with E-state index in [1.54, 1.807) is 0 Å². The number of rotatable bonds is 4. The Bertz CT molecular complexity index is 386. The van der Waals surface area contributed by atoms with Crippen LogP contribution in [0.1, 0.15) is 24.8 Å². The first-order chi connectivity index (χ1) is 8.55. The Hall–Kier alpha value is -1.30. The third-order valence-electron chi connectivity index (χ3n) is 3.05. The second-order valence-electron chi connectivity index (χ2n) is 4.44. The van der Waals surface area contributed by atoms with Crippen molar-refractivity contribution in [1.29, 1.82) is 0 Å². The van der Waals surface area contributed by atoms with Crippen molar-refractivity contribution in [2.45, 2.75) is 31.5 Å². The van der Waals surface area contributed by atoms with Crippen molar-refractivity contribution >= 4 is 5.82 Å². The molecule has 1 atom stereocenters. The molecule has 3 nitrogen and oxygen atoms in total. The Morgan fingerprint density at radius 1 is 1.44 bits per heavy atom. The molecular weight excluding hydrogens is 243 g/mol. The minimum atomic E-state index is -4.31. The maximum Gasteiger partial charge on any atom is 0.416 e. The van der Waals surface area contributed by atoms with Crippen LogP contribution in [0.5, 0.6) is 0 Å². The minimum Gasteiger partial charge on any atom is -0.370 e. The largest absolute Gasteiger partial charge is 0.416 e. The summed E-state index contributed by atoms with van der Waals surface area (Å²) in [6.45, 7) is 1.67. The van der Waals surface area contributed by atoms with E-state index in [0.717, 1.165) is 31.5 Å². The third kappa shape index (κ3) is 3.60. The van der Waals surface area contributed by atoms with Crippen LogP contribution in [0, 0.1) is 0 Å². The first-order valence-electron chi connectivity index (χ1n) is 6.06. The summed E-state index contributed by atoms with van der Waals surface area (Å²) in [7, 11) is 0. The molecule has 0 saturated carbocycles. The van der Waals surface area contributed by atoms with E-state index >= 15 is 0 Å². The molecule has 0 spiro atoms. The van der Waals surface area contributed by atoms with Gasteiger partial charge in [-0.15, -0.1) is 0 Å². The molecule has 1 aromatic rings. The van der Waals surface area contributed by atoms with Gasteiger partial charge in [-0.1, -0.05) is 0 Å². The zero-order chi connectivity index (χ0) is 13.0. The Kier molecular flexibility index (Phi) is 4.06. The van der Waals surface area contributed by atoms with E-state index in [2.05, 4.69) is 15.6 Å². The SMILES string of the molecule is FC(F)(F)c1ccnc(NCC[C@H]2CCCN2)c1. The van der Waals surface area contributed by atoms with E-state index in [9.17, 15) is 13.2 Å². The lowest BCUT2D eigenvalue weighted by atomic mass is 10.1. The van der Waals surface area contributed by atoms with Gasteiger partial charge in [0.05, 0.1) is 5.56 Å². The van der Waals surface area contributed by atoms with E-state index in [1.807, 2.05) is 0 Å². The standard InChI is InChI=1S/C12H16F3N3/c13-12(14,15)9-3-6-17-11(8-9)18-7-4-10-2-1-5-16-10/h3,6,8,10,16H,1-2,4-5,7H2,(H,17,18)/t10-/m1/s1. The fraction of sp³-hybridized carbons (Fsp3) is 0.583. The first-order valence-corrected chi connectivity index (χ1v) is 6.06. The number of aromatic nitrogens is 1. The number of hydrogen-bond acceptors (Lipinski definition) is 3. The lowest BCUT2D eigenvalue weighted by Crippen LogP contribution is -2.24. The number of hydrogen-bond donors (Lipinski definition) is 2. The van der Waals surface area contributed by atoms with Crippen molar-refractivity contribution in [2.75, 3.05) is 18.4 Å². The molecule has 1 fully saturated rings. The predicted octanol–water partition coefficient (Wildman–Crippen LogP) is 2.65. The lowest BCUT2D eigenvalue weighted by molar-refractivity contribution is -0.137. The Morgan fingerprint density at radius 2 is 2.28 bits per heavy atom. The van der Waals surface area contributed by atoms with Gasteiger partial charge in [0.2, 0.25) is 0 Å². The Morgan fingerprint density at radius 3 is 2.94 bits per heavy atom. The molecule has 1 aromatic heterocycles. The molecule has 1 aliphatic heterocycles. The summed E-state index contributed by atoms with van der Waals surface area (Å²) >= 11 is 0. The maximum absolute atomic E-state index is 12.5. The summed E-state index contributed by atoms with van der Waals surface area (Å²) in [4.78, 5) is 3.89. The van der Waals surface area contributed by atoms with Crippen molar-refractivity contribution in [3.05, 3.63) is 23.9 Å². The van der Waals surface area contributed by atoms with E-state index in [1.165, 1.54) is 12.6 Å². The molecule has 6 heteroatoms. The second kappa shape index (κ2) is 5.56. The summed E-state index contributed by atoms with van der Waals surface area (Å²) in [5.74, 6) is 0.280. The molecule has 0 bridgehead atoms. The van der Waals surface area contributed by atoms with Gasteiger partial charge in [-0.05, 0) is 37.9 Å². The van der Waals surface area contributed by atoms with Crippen LogP contribution >= 0.6 is 0 Å². The summed E-state index contributed by atoms with van der Waals surface area (Å²) in [5, 5.41) is 6.27. The van der Waals surface area contributed by atoms with Crippen LogP contribution in [0.3, 0.4) is 0 Å². The highest BCUT2D eigenvalue weighted by Gasteiger charge is 2.30. The fourth-order valence-corrected chi connectivity index (χ4v) is 2.08. The molecule has 18 heavy (non-hydrogen) atoms. The average Bonchev–Trinajstić information content (AvgIpc) is 2.81. The summed E-state index contributed by atoms with van der Waals surface area (Å²) in [6, 6.07) is 2.49. The zero-order valence-electron chi connectivity index (χ0n) is 9.93. The van der Waals surface area contributed by atoms with Crippen LogP contribution in [-0.4, -0.2) is 24.1 Å². The molecule has 1 aliphatic rings. The van der Waals surface area contributed by atoms with Crippen LogP contribution in [0.2, 0.25) is 0 Å². The predicted molar refractivity (Wildman–Crippen MR) is 63.4 cm³/mol. The second-order valence-corrected chi connectivity index (χ2v) is 4.44. The molecule has 0 unspecified atom stereocenters. The van der Waals surface area contributed by atoms with Crippen molar-refractivity contribution in [3.63, 3.8) is 0 Å². The molecule has 1 saturated heterocycles. The van der Waals surface area contributed by atoms with Crippen LogP contribution in [0.15, 0.2) is 18.3 Å². The van der Waals surface area contributed by atoms with Crippen LogP contribution in [0.4, 0.5) is 19.0 Å². The van der Waals surface area contributed by atoms with Gasteiger partial charge in [0.1, 0.15) is 5.82 Å². The van der Waals surface area contributed by atoms with E-state index in [4.69, 9.17) is 0 Å². The highest BCUT2D eigenvalue weighted by molar-refractivity contribution is 5.38. The number of pyridine rings is 1. The van der Waals surface area contributed by atoms with Crippen molar-refractivity contribution in [3.8, 4) is 0 Å². The molecular formula is C12H16F3N3. The minimum absolute atomic E-state index is 0.280. The molecule has 2 rings (SSSR count). The Labute approximate surface area is 104 Å². The molecule has 2 N–H and O–H groups in total. The number of halogens is 3. The van der Waals surface area contributed by atoms with E-state index in [-0.39, 0.29) is 5.82 Å². The third-order valence-corrected chi connectivity index (χ3v) is 3.05. The lowest BCUT2D eigenvalue weighted by Gasteiger charge is -2.12. The van der Waals surface area contributed by atoms with Gasteiger partial charge in [0.15, 0.2) is 0 Å². The molecule has 0 radical (unpaired) electrons. The van der Waals surface area contributed by atoms with Gasteiger partial charge >= 0.3 is 6.18 Å². The van der Waals surface area contributed by atoms with Crippen LogP contribution in [0.25, 0.3) is 0 Å². The molecule has 100 valence electrons. The topological polar surface area (TPSA) is 37.0 Å². The number of alkyl halides is 3. The maximum atomic E-state index is 12.5. The highest BCUT2D eigenvalue weighted by atomic mass is 19.4. The van der Waals surface area contributed by atoms with Crippen molar-refractivity contribution in [1.82, 2.24) is 10.3 Å². The zero-order valence-corrected chi connectivity index (χ0v) is 9.93. The number of nitrogens with zero attached hydrogens (tertiary/aromatic N) is 1. The van der Waals surface area contributed by atoms with Crippen LogP contribution in [-0.2, 0) is 6.18 Å². The quantitative estimate of drug-likeness (QED) is 0.872. The van der Waals surface area contributed by atoms with Gasteiger partial charge in [0.25, 0.3) is 0 Å². The van der Waals surface area contributed by atoms with Gasteiger partial charge in [-0.3, -0.25) is 0 Å². The molecule has 0 aliphatic carbocycles. The van der Waals surface area contributed by atoms with E-state index < -0.39 is 11.7 Å².